The number of aryl methyl sites for hydroxylation is 1. The van der Waals surface area contributed by atoms with Gasteiger partial charge in [-0.1, -0.05) is 11.8 Å². The topological polar surface area (TPSA) is 44.4 Å². The van der Waals surface area contributed by atoms with Gasteiger partial charge in [0.25, 0.3) is 0 Å². The third-order valence-corrected chi connectivity index (χ3v) is 6.24. The lowest BCUT2D eigenvalue weighted by molar-refractivity contribution is -0.669. The summed E-state index contributed by atoms with van der Waals surface area (Å²) in [6.07, 6.45) is 1.98. The minimum atomic E-state index is -0.953. The van der Waals surface area contributed by atoms with Crippen molar-refractivity contribution in [1.82, 2.24) is 0 Å². The van der Waals surface area contributed by atoms with Gasteiger partial charge in [-0.3, -0.25) is 4.79 Å². The maximum Gasteiger partial charge on any atom is 0.323 e. The van der Waals surface area contributed by atoms with E-state index in [1.165, 1.54) is 28.6 Å². The Kier molecular flexibility index (Phi) is 4.42. The normalized spacial score (nSPS) is 15.0. The lowest BCUT2D eigenvalue weighted by Crippen LogP contribution is -2.36. The van der Waals surface area contributed by atoms with E-state index in [1.807, 2.05) is 12.1 Å². The molecule has 0 amide bonds. The van der Waals surface area contributed by atoms with E-state index in [-0.39, 0.29) is 12.4 Å². The van der Waals surface area contributed by atoms with E-state index >= 15 is 0 Å². The summed E-state index contributed by atoms with van der Waals surface area (Å²) in [4.78, 5) is 13.9. The van der Waals surface area contributed by atoms with Crippen LogP contribution in [0.5, 0.6) is 0 Å². The van der Waals surface area contributed by atoms with Crippen LogP contribution >= 0.6 is 23.1 Å². The zero-order chi connectivity index (χ0) is 18.3. The lowest BCUT2D eigenvalue weighted by atomic mass is 10.2. The predicted octanol–water partition coefficient (Wildman–Crippen LogP) is 4.34. The number of anilines is 1. The Morgan fingerprint density at radius 1 is 1.31 bits per heavy atom. The molecular formula is C19H16FN2O2S2+. The predicted molar refractivity (Wildman–Crippen MR) is 103 cm³/mol. The number of hydrogen-bond acceptors (Lipinski definition) is 4. The minimum absolute atomic E-state index is 0.206. The van der Waals surface area contributed by atoms with Crippen molar-refractivity contribution >= 4 is 51.0 Å². The number of carboxylic acid groups (broad SMARTS) is 1. The Bertz CT molecular complexity index is 1050. The number of carbonyl (C=O) groups is 1. The van der Waals surface area contributed by atoms with Crippen molar-refractivity contribution in [3.63, 3.8) is 0 Å². The number of thioether (sulfide) groups is 1. The van der Waals surface area contributed by atoms with Gasteiger partial charge in [0.2, 0.25) is 11.2 Å². The van der Waals surface area contributed by atoms with E-state index in [2.05, 4.69) is 29.0 Å². The molecule has 0 unspecified atom stereocenters. The fourth-order valence-corrected chi connectivity index (χ4v) is 5.01. The van der Waals surface area contributed by atoms with Crippen LogP contribution in [0.25, 0.3) is 16.3 Å². The van der Waals surface area contributed by atoms with Crippen LogP contribution in [-0.4, -0.2) is 17.6 Å². The van der Waals surface area contributed by atoms with Crippen LogP contribution in [0.15, 0.2) is 51.7 Å². The van der Waals surface area contributed by atoms with Gasteiger partial charge in [0.15, 0.2) is 0 Å². The SMILES string of the molecule is CC[n+]1c(C=C2Sc3ccc(F)cc3N2CC(=O)O)ccc2sccc21. The largest absolute Gasteiger partial charge is 0.480 e. The minimum Gasteiger partial charge on any atom is -0.480 e. The molecule has 1 aliphatic heterocycles. The second-order valence-electron chi connectivity index (χ2n) is 5.85. The Balaban J connectivity index is 1.82. The molecule has 4 nitrogen and oxygen atoms in total. The standard InChI is InChI=1S/C19H15FN2O2S2/c1-2-21-13(4-6-16-14(21)7-8-25-16)10-18-22(11-19(23)24)15-9-12(20)3-5-17(15)26-18/h3-10H,2,11H2,1H3/p+1. The van der Waals surface area contributed by atoms with E-state index in [4.69, 9.17) is 0 Å². The van der Waals surface area contributed by atoms with E-state index in [0.717, 1.165) is 27.7 Å². The molecule has 0 saturated carbocycles. The molecule has 0 bridgehead atoms. The van der Waals surface area contributed by atoms with Crippen molar-refractivity contribution in [3.05, 3.63) is 58.3 Å². The molecule has 0 spiro atoms. The number of pyridine rings is 1. The monoisotopic (exact) mass is 387 g/mol. The summed E-state index contributed by atoms with van der Waals surface area (Å²) in [6.45, 7) is 2.68. The van der Waals surface area contributed by atoms with Gasteiger partial charge in [0.1, 0.15) is 18.9 Å². The van der Waals surface area contributed by atoms with Gasteiger partial charge >= 0.3 is 5.97 Å². The van der Waals surface area contributed by atoms with E-state index < -0.39 is 5.97 Å². The van der Waals surface area contributed by atoms with Crippen LogP contribution in [-0.2, 0) is 11.3 Å². The van der Waals surface area contributed by atoms with Crippen molar-refractivity contribution < 1.29 is 18.9 Å². The lowest BCUT2D eigenvalue weighted by Gasteiger charge is -2.17. The van der Waals surface area contributed by atoms with Gasteiger partial charge in [0.05, 0.1) is 15.4 Å². The number of hydrogen-bond donors (Lipinski definition) is 1. The van der Waals surface area contributed by atoms with Gasteiger partial charge in [-0.15, -0.1) is 11.3 Å². The Morgan fingerprint density at radius 3 is 2.92 bits per heavy atom. The number of benzene rings is 1. The van der Waals surface area contributed by atoms with E-state index in [9.17, 15) is 14.3 Å². The molecule has 0 saturated heterocycles. The van der Waals surface area contributed by atoms with Crippen molar-refractivity contribution in [3.8, 4) is 0 Å². The first-order valence-corrected chi connectivity index (χ1v) is 9.85. The van der Waals surface area contributed by atoms with E-state index in [1.54, 1.807) is 22.3 Å². The summed E-state index contributed by atoms with van der Waals surface area (Å²) in [5.41, 5.74) is 2.75. The smallest absolute Gasteiger partial charge is 0.323 e. The molecule has 0 atom stereocenters. The summed E-state index contributed by atoms with van der Waals surface area (Å²) < 4.78 is 17.1. The number of thiophene rings is 1. The first-order valence-electron chi connectivity index (χ1n) is 8.15. The number of aliphatic carboxylic acids is 1. The van der Waals surface area contributed by atoms with Gasteiger partial charge in [-0.2, -0.15) is 4.57 Å². The highest BCUT2D eigenvalue weighted by atomic mass is 32.2. The fraction of sp³-hybridized carbons (Fsp3) is 0.158. The molecule has 0 fully saturated rings. The first kappa shape index (κ1) is 17.1. The summed E-state index contributed by atoms with van der Waals surface area (Å²) in [7, 11) is 0. The number of aromatic nitrogens is 1. The van der Waals surface area contributed by atoms with Crippen LogP contribution < -0.4 is 9.47 Å². The van der Waals surface area contributed by atoms with Gasteiger partial charge in [-0.25, -0.2) is 4.39 Å². The van der Waals surface area contributed by atoms with Crippen molar-refractivity contribution in [2.24, 2.45) is 0 Å². The molecule has 0 aliphatic carbocycles. The van der Waals surface area contributed by atoms with Gasteiger partial charge in [-0.05, 0) is 36.6 Å². The highest BCUT2D eigenvalue weighted by Gasteiger charge is 2.28. The maximum atomic E-state index is 13.7. The third-order valence-electron chi connectivity index (χ3n) is 4.25. The van der Waals surface area contributed by atoms with Gasteiger partial charge < -0.3 is 10.0 Å². The molecule has 26 heavy (non-hydrogen) atoms. The number of carboxylic acids is 1. The molecule has 4 rings (SSSR count). The fourth-order valence-electron chi connectivity index (χ4n) is 3.14. The zero-order valence-corrected chi connectivity index (χ0v) is 15.6. The average molecular weight is 387 g/mol. The Morgan fingerprint density at radius 2 is 2.15 bits per heavy atom. The van der Waals surface area contributed by atoms with Crippen molar-refractivity contribution in [1.29, 1.82) is 0 Å². The summed E-state index contributed by atoms with van der Waals surface area (Å²) >= 11 is 3.15. The van der Waals surface area contributed by atoms with E-state index in [0.29, 0.717) is 5.69 Å². The van der Waals surface area contributed by atoms with Crippen LogP contribution in [0.3, 0.4) is 0 Å². The Labute approximate surface area is 158 Å². The molecule has 0 radical (unpaired) electrons. The Hall–Kier alpha value is -2.38. The first-order chi connectivity index (χ1) is 12.6. The van der Waals surface area contributed by atoms with Crippen LogP contribution in [0.4, 0.5) is 10.1 Å². The highest BCUT2D eigenvalue weighted by molar-refractivity contribution is 8.03. The average Bonchev–Trinajstić information content (AvgIpc) is 3.20. The molecule has 3 aromatic rings. The molecule has 2 aromatic heterocycles. The molecule has 1 aliphatic rings. The maximum absolute atomic E-state index is 13.7. The van der Waals surface area contributed by atoms with Crippen LogP contribution in [0.2, 0.25) is 0 Å². The second kappa shape index (κ2) is 6.74. The summed E-state index contributed by atoms with van der Waals surface area (Å²) in [5, 5.41) is 12.1. The molecule has 7 heteroatoms. The number of rotatable bonds is 4. The van der Waals surface area contributed by atoms with Crippen LogP contribution in [0.1, 0.15) is 12.6 Å². The zero-order valence-electron chi connectivity index (χ0n) is 14.0. The highest BCUT2D eigenvalue weighted by Crippen LogP contribution is 2.46. The molecule has 1 aromatic carbocycles. The van der Waals surface area contributed by atoms with Crippen molar-refractivity contribution in [2.75, 3.05) is 11.4 Å². The summed E-state index contributed by atoms with van der Waals surface area (Å²) in [6, 6.07) is 10.7. The molecule has 1 N–H and O–H groups in total. The van der Waals surface area contributed by atoms with Gasteiger partial charge in [0, 0.05) is 23.1 Å². The molecular weight excluding hydrogens is 371 g/mol. The third kappa shape index (κ3) is 2.97. The molecule has 3 heterocycles. The van der Waals surface area contributed by atoms with Crippen LogP contribution in [0, 0.1) is 5.82 Å². The second-order valence-corrected chi connectivity index (χ2v) is 7.86. The quantitative estimate of drug-likeness (QED) is 0.677. The number of fused-ring (bicyclic) bond motifs is 2. The number of nitrogens with zero attached hydrogens (tertiary/aromatic N) is 2. The molecule has 132 valence electrons. The van der Waals surface area contributed by atoms with Crippen molar-refractivity contribution in [2.45, 2.75) is 18.4 Å². The number of halogens is 1. The summed E-state index contributed by atoms with van der Waals surface area (Å²) in [5.74, 6) is -1.32.